The number of nitrogens with one attached hydrogen (secondary N) is 1. The Morgan fingerprint density at radius 2 is 2.11 bits per heavy atom. The van der Waals surface area contributed by atoms with E-state index in [2.05, 4.69) is 5.32 Å². The van der Waals surface area contributed by atoms with E-state index in [-0.39, 0.29) is 11.4 Å². The maximum Gasteiger partial charge on any atom is 0.317 e. The lowest BCUT2D eigenvalue weighted by molar-refractivity contribution is 0.0957. The van der Waals surface area contributed by atoms with Crippen LogP contribution in [0.2, 0.25) is 0 Å². The highest BCUT2D eigenvalue weighted by Gasteiger charge is 2.40. The molecule has 0 saturated carbocycles. The predicted molar refractivity (Wildman–Crippen MR) is 70.0 cm³/mol. The zero-order valence-electron chi connectivity index (χ0n) is 10.9. The van der Waals surface area contributed by atoms with Crippen molar-refractivity contribution < 1.29 is 9.90 Å². The van der Waals surface area contributed by atoms with Crippen LogP contribution in [0.25, 0.3) is 0 Å². The molecule has 1 fully saturated rings. The molecule has 2 N–H and O–H groups in total. The van der Waals surface area contributed by atoms with Crippen molar-refractivity contribution >= 4 is 6.03 Å². The van der Waals surface area contributed by atoms with Crippen LogP contribution in [-0.4, -0.2) is 35.2 Å². The van der Waals surface area contributed by atoms with Gasteiger partial charge in [0.1, 0.15) is 0 Å². The molecule has 1 aliphatic heterocycles. The van der Waals surface area contributed by atoms with Gasteiger partial charge in [-0.1, -0.05) is 44.2 Å². The summed E-state index contributed by atoms with van der Waals surface area (Å²) < 4.78 is 0. The number of likely N-dealkylation sites (tertiary alicyclic amines) is 1. The van der Waals surface area contributed by atoms with E-state index in [0.717, 1.165) is 5.56 Å². The normalized spacial score (nSPS) is 21.9. The minimum Gasteiger partial charge on any atom is -0.391 e. The standard InChI is InChI=1S/C14H20N2O2/c1-14(2)10-16(9-12(14)17)13(18)15-8-11-6-4-3-5-7-11/h3-7,12,17H,8-10H2,1-2H3,(H,15,18). The fraction of sp³-hybridized carbons (Fsp3) is 0.500. The number of aliphatic hydroxyl groups excluding tert-OH is 1. The second-order valence-electron chi connectivity index (χ2n) is 5.53. The first-order valence-electron chi connectivity index (χ1n) is 6.24. The number of amides is 2. The summed E-state index contributed by atoms with van der Waals surface area (Å²) in [7, 11) is 0. The summed E-state index contributed by atoms with van der Waals surface area (Å²) in [5, 5.41) is 12.7. The van der Waals surface area contributed by atoms with E-state index >= 15 is 0 Å². The highest BCUT2D eigenvalue weighted by atomic mass is 16.3. The molecule has 1 aliphatic rings. The quantitative estimate of drug-likeness (QED) is 0.835. The molecule has 2 rings (SSSR count). The zero-order valence-corrected chi connectivity index (χ0v) is 10.9. The molecule has 1 heterocycles. The lowest BCUT2D eigenvalue weighted by Gasteiger charge is -2.21. The number of urea groups is 1. The molecule has 0 aromatic heterocycles. The number of carbonyl (C=O) groups excluding carboxylic acids is 1. The fourth-order valence-electron chi connectivity index (χ4n) is 2.16. The summed E-state index contributed by atoms with van der Waals surface area (Å²) in [6.45, 7) is 5.47. The summed E-state index contributed by atoms with van der Waals surface area (Å²) in [5.41, 5.74) is 0.856. The van der Waals surface area contributed by atoms with Crippen LogP contribution in [-0.2, 0) is 6.54 Å². The van der Waals surface area contributed by atoms with Gasteiger partial charge >= 0.3 is 6.03 Å². The molecule has 1 aromatic rings. The number of rotatable bonds is 2. The van der Waals surface area contributed by atoms with E-state index in [1.54, 1.807) is 4.90 Å². The number of benzene rings is 1. The van der Waals surface area contributed by atoms with Crippen molar-refractivity contribution in [1.82, 2.24) is 10.2 Å². The van der Waals surface area contributed by atoms with Crippen molar-refractivity contribution in [2.75, 3.05) is 13.1 Å². The summed E-state index contributed by atoms with van der Waals surface area (Å²) in [4.78, 5) is 13.6. The van der Waals surface area contributed by atoms with Crippen LogP contribution >= 0.6 is 0 Å². The van der Waals surface area contributed by atoms with E-state index < -0.39 is 6.10 Å². The van der Waals surface area contributed by atoms with Gasteiger partial charge in [0.05, 0.1) is 6.10 Å². The van der Waals surface area contributed by atoms with E-state index in [9.17, 15) is 9.90 Å². The van der Waals surface area contributed by atoms with Gasteiger partial charge in [0, 0.05) is 25.0 Å². The molecule has 1 saturated heterocycles. The monoisotopic (exact) mass is 248 g/mol. The Bertz CT molecular complexity index is 417. The highest BCUT2D eigenvalue weighted by Crippen LogP contribution is 2.29. The number of hydrogen-bond donors (Lipinski definition) is 2. The number of aliphatic hydroxyl groups is 1. The number of nitrogens with zero attached hydrogens (tertiary/aromatic N) is 1. The largest absolute Gasteiger partial charge is 0.391 e. The third-order valence-electron chi connectivity index (χ3n) is 3.47. The molecule has 0 radical (unpaired) electrons. The first-order valence-corrected chi connectivity index (χ1v) is 6.24. The van der Waals surface area contributed by atoms with Crippen molar-refractivity contribution in [2.24, 2.45) is 5.41 Å². The lowest BCUT2D eigenvalue weighted by atomic mass is 9.90. The molecule has 0 bridgehead atoms. The minimum atomic E-state index is -0.444. The molecule has 2 amide bonds. The van der Waals surface area contributed by atoms with Crippen LogP contribution in [0, 0.1) is 5.41 Å². The van der Waals surface area contributed by atoms with Gasteiger partial charge in [-0.3, -0.25) is 0 Å². The van der Waals surface area contributed by atoms with Crippen molar-refractivity contribution in [3.63, 3.8) is 0 Å². The molecule has 0 spiro atoms. The molecule has 18 heavy (non-hydrogen) atoms. The SMILES string of the molecule is CC1(C)CN(C(=O)NCc2ccccc2)CC1O. The molecule has 4 nitrogen and oxygen atoms in total. The molecule has 1 unspecified atom stereocenters. The molecule has 1 aromatic carbocycles. The maximum atomic E-state index is 12.0. The third kappa shape index (κ3) is 2.82. The van der Waals surface area contributed by atoms with E-state index in [4.69, 9.17) is 0 Å². The van der Waals surface area contributed by atoms with Gasteiger partial charge in [-0.15, -0.1) is 0 Å². The predicted octanol–water partition coefficient (Wildman–Crippen LogP) is 1.60. The Balaban J connectivity index is 1.87. The van der Waals surface area contributed by atoms with Crippen molar-refractivity contribution in [3.05, 3.63) is 35.9 Å². The summed E-state index contributed by atoms with van der Waals surface area (Å²) in [6.07, 6.45) is -0.444. The Labute approximate surface area is 108 Å². The number of carbonyl (C=O) groups is 1. The maximum absolute atomic E-state index is 12.0. The van der Waals surface area contributed by atoms with Gasteiger partial charge in [-0.25, -0.2) is 4.79 Å². The Kier molecular flexibility index (Phi) is 3.57. The molecule has 98 valence electrons. The van der Waals surface area contributed by atoms with Gasteiger partial charge in [0.15, 0.2) is 0 Å². The van der Waals surface area contributed by atoms with Gasteiger partial charge in [-0.05, 0) is 5.56 Å². The van der Waals surface area contributed by atoms with Crippen LogP contribution in [0.1, 0.15) is 19.4 Å². The van der Waals surface area contributed by atoms with Crippen LogP contribution in [0.15, 0.2) is 30.3 Å². The fourth-order valence-corrected chi connectivity index (χ4v) is 2.16. The Morgan fingerprint density at radius 3 is 2.67 bits per heavy atom. The van der Waals surface area contributed by atoms with Crippen LogP contribution in [0.4, 0.5) is 4.79 Å². The number of hydrogen-bond acceptors (Lipinski definition) is 2. The zero-order chi connectivity index (χ0) is 13.2. The third-order valence-corrected chi connectivity index (χ3v) is 3.47. The van der Waals surface area contributed by atoms with Crippen LogP contribution < -0.4 is 5.32 Å². The average Bonchev–Trinajstić information content (AvgIpc) is 2.62. The molecule has 0 aliphatic carbocycles. The Hall–Kier alpha value is -1.55. The average molecular weight is 248 g/mol. The second kappa shape index (κ2) is 4.98. The van der Waals surface area contributed by atoms with Gasteiger partial charge < -0.3 is 15.3 Å². The summed E-state index contributed by atoms with van der Waals surface area (Å²) in [5.74, 6) is 0. The summed E-state index contributed by atoms with van der Waals surface area (Å²) >= 11 is 0. The molecule has 1 atom stereocenters. The van der Waals surface area contributed by atoms with Gasteiger partial charge in [-0.2, -0.15) is 0 Å². The topological polar surface area (TPSA) is 52.6 Å². The number of β-amino-alcohol motifs (C(OH)–C–C–N with tert-alkyl or cyclic N) is 1. The first kappa shape index (κ1) is 12.9. The smallest absolute Gasteiger partial charge is 0.317 e. The van der Waals surface area contributed by atoms with E-state index in [1.807, 2.05) is 44.2 Å². The first-order chi connectivity index (χ1) is 8.49. The molecular formula is C14H20N2O2. The lowest BCUT2D eigenvalue weighted by Crippen LogP contribution is -2.38. The van der Waals surface area contributed by atoms with Crippen molar-refractivity contribution in [1.29, 1.82) is 0 Å². The second-order valence-corrected chi connectivity index (χ2v) is 5.53. The van der Waals surface area contributed by atoms with Gasteiger partial charge in [0.2, 0.25) is 0 Å². The minimum absolute atomic E-state index is 0.108. The summed E-state index contributed by atoms with van der Waals surface area (Å²) in [6, 6.07) is 9.69. The molecule has 4 heteroatoms. The van der Waals surface area contributed by atoms with Crippen LogP contribution in [0.3, 0.4) is 0 Å². The van der Waals surface area contributed by atoms with Crippen molar-refractivity contribution in [2.45, 2.75) is 26.5 Å². The van der Waals surface area contributed by atoms with Gasteiger partial charge in [0.25, 0.3) is 0 Å². The van der Waals surface area contributed by atoms with Crippen LogP contribution in [0.5, 0.6) is 0 Å². The van der Waals surface area contributed by atoms with E-state index in [0.29, 0.717) is 19.6 Å². The molecular weight excluding hydrogens is 228 g/mol. The Morgan fingerprint density at radius 1 is 1.44 bits per heavy atom. The van der Waals surface area contributed by atoms with E-state index in [1.165, 1.54) is 0 Å². The van der Waals surface area contributed by atoms with Crippen molar-refractivity contribution in [3.8, 4) is 0 Å². The highest BCUT2D eigenvalue weighted by molar-refractivity contribution is 5.74.